The SMILES string of the molecule is O=C(COc1cccc(F)c1)N1CCC(C(O)c2ccccc2)CC1. The van der Waals surface area contributed by atoms with Crippen molar-refractivity contribution in [2.75, 3.05) is 19.7 Å². The molecule has 1 aliphatic rings. The quantitative estimate of drug-likeness (QED) is 0.907. The lowest BCUT2D eigenvalue weighted by Gasteiger charge is -2.34. The molecule has 25 heavy (non-hydrogen) atoms. The van der Waals surface area contributed by atoms with E-state index in [-0.39, 0.29) is 24.2 Å². The molecule has 0 bridgehead atoms. The summed E-state index contributed by atoms with van der Waals surface area (Å²) >= 11 is 0. The van der Waals surface area contributed by atoms with Gasteiger partial charge >= 0.3 is 0 Å². The normalized spacial score (nSPS) is 16.5. The summed E-state index contributed by atoms with van der Waals surface area (Å²) in [5, 5.41) is 10.5. The van der Waals surface area contributed by atoms with Crippen molar-refractivity contribution in [1.29, 1.82) is 0 Å². The Morgan fingerprint density at radius 1 is 1.16 bits per heavy atom. The molecule has 1 aliphatic heterocycles. The number of likely N-dealkylation sites (tertiary alicyclic amines) is 1. The number of piperidine rings is 1. The Balaban J connectivity index is 1.47. The van der Waals surface area contributed by atoms with Crippen LogP contribution in [0.4, 0.5) is 4.39 Å². The minimum absolute atomic E-state index is 0.102. The molecule has 5 heteroatoms. The second-order valence-electron chi connectivity index (χ2n) is 6.32. The van der Waals surface area contributed by atoms with Crippen LogP contribution in [0.15, 0.2) is 54.6 Å². The maximum atomic E-state index is 13.1. The highest BCUT2D eigenvalue weighted by molar-refractivity contribution is 5.77. The Morgan fingerprint density at radius 3 is 2.56 bits per heavy atom. The molecule has 0 aromatic heterocycles. The Hall–Kier alpha value is -2.40. The second kappa shape index (κ2) is 8.12. The van der Waals surface area contributed by atoms with E-state index in [0.29, 0.717) is 18.8 Å². The number of nitrogens with zero attached hydrogens (tertiary/aromatic N) is 1. The van der Waals surface area contributed by atoms with Gasteiger partial charge in [-0.15, -0.1) is 0 Å². The van der Waals surface area contributed by atoms with Crippen molar-refractivity contribution in [3.05, 3.63) is 66.0 Å². The van der Waals surface area contributed by atoms with Crippen molar-refractivity contribution < 1.29 is 19.0 Å². The van der Waals surface area contributed by atoms with Crippen LogP contribution < -0.4 is 4.74 Å². The number of carbonyl (C=O) groups is 1. The van der Waals surface area contributed by atoms with Gasteiger partial charge in [0.1, 0.15) is 11.6 Å². The molecule has 1 unspecified atom stereocenters. The fourth-order valence-corrected chi connectivity index (χ4v) is 3.18. The molecule has 1 saturated heterocycles. The maximum absolute atomic E-state index is 13.1. The first-order valence-corrected chi connectivity index (χ1v) is 8.52. The van der Waals surface area contributed by atoms with Crippen LogP contribution in [0.5, 0.6) is 5.75 Å². The summed E-state index contributed by atoms with van der Waals surface area (Å²) in [4.78, 5) is 14.0. The van der Waals surface area contributed by atoms with Crippen LogP contribution in [0.2, 0.25) is 0 Å². The van der Waals surface area contributed by atoms with Crippen LogP contribution >= 0.6 is 0 Å². The maximum Gasteiger partial charge on any atom is 0.260 e. The van der Waals surface area contributed by atoms with E-state index in [4.69, 9.17) is 4.74 Å². The van der Waals surface area contributed by atoms with Crippen molar-refractivity contribution in [3.8, 4) is 5.75 Å². The van der Waals surface area contributed by atoms with Gasteiger partial charge in [-0.2, -0.15) is 0 Å². The fraction of sp³-hybridized carbons (Fsp3) is 0.350. The third kappa shape index (κ3) is 4.57. The zero-order valence-corrected chi connectivity index (χ0v) is 14.0. The number of aliphatic hydroxyl groups excluding tert-OH is 1. The summed E-state index contributed by atoms with van der Waals surface area (Å²) in [6, 6.07) is 15.4. The zero-order chi connectivity index (χ0) is 17.6. The number of amides is 1. The van der Waals surface area contributed by atoms with E-state index in [1.807, 2.05) is 30.3 Å². The number of benzene rings is 2. The minimum atomic E-state index is -0.498. The standard InChI is InChI=1S/C20H22FNO3/c21-17-7-4-8-18(13-17)25-14-19(23)22-11-9-16(10-12-22)20(24)15-5-2-1-3-6-15/h1-8,13,16,20,24H,9-12,14H2. The van der Waals surface area contributed by atoms with Crippen LogP contribution in [0, 0.1) is 11.7 Å². The molecule has 0 spiro atoms. The summed E-state index contributed by atoms with van der Waals surface area (Å²) in [7, 11) is 0. The summed E-state index contributed by atoms with van der Waals surface area (Å²) in [5.74, 6) is -0.00380. The fourth-order valence-electron chi connectivity index (χ4n) is 3.18. The number of rotatable bonds is 5. The van der Waals surface area contributed by atoms with E-state index >= 15 is 0 Å². The van der Waals surface area contributed by atoms with E-state index in [9.17, 15) is 14.3 Å². The predicted octanol–water partition coefficient (Wildman–Crippen LogP) is 3.18. The highest BCUT2D eigenvalue weighted by Crippen LogP contribution is 2.30. The third-order valence-electron chi connectivity index (χ3n) is 4.64. The molecule has 2 aromatic carbocycles. The summed E-state index contributed by atoms with van der Waals surface area (Å²) in [6.07, 6.45) is 1.01. The molecule has 1 amide bonds. The van der Waals surface area contributed by atoms with Crippen molar-refractivity contribution in [1.82, 2.24) is 4.90 Å². The Bertz CT molecular complexity index is 699. The van der Waals surface area contributed by atoms with Crippen LogP contribution in [-0.2, 0) is 4.79 Å². The van der Waals surface area contributed by atoms with Crippen molar-refractivity contribution in [2.24, 2.45) is 5.92 Å². The molecule has 132 valence electrons. The predicted molar refractivity (Wildman–Crippen MR) is 92.6 cm³/mol. The molecular weight excluding hydrogens is 321 g/mol. The summed E-state index contributed by atoms with van der Waals surface area (Å²) in [5.41, 5.74) is 0.918. The van der Waals surface area contributed by atoms with Gasteiger partial charge in [-0.25, -0.2) is 4.39 Å². The van der Waals surface area contributed by atoms with Gasteiger partial charge in [0.15, 0.2) is 6.61 Å². The van der Waals surface area contributed by atoms with E-state index in [1.165, 1.54) is 12.1 Å². The van der Waals surface area contributed by atoms with Gasteiger partial charge in [0, 0.05) is 19.2 Å². The molecule has 1 N–H and O–H groups in total. The van der Waals surface area contributed by atoms with Crippen LogP contribution in [0.1, 0.15) is 24.5 Å². The molecule has 1 heterocycles. The van der Waals surface area contributed by atoms with E-state index in [2.05, 4.69) is 0 Å². The Labute approximate surface area is 146 Å². The van der Waals surface area contributed by atoms with Crippen molar-refractivity contribution >= 4 is 5.91 Å². The summed E-state index contributed by atoms with van der Waals surface area (Å²) < 4.78 is 18.5. The topological polar surface area (TPSA) is 49.8 Å². The smallest absolute Gasteiger partial charge is 0.260 e. The van der Waals surface area contributed by atoms with Gasteiger partial charge in [0.05, 0.1) is 6.10 Å². The second-order valence-corrected chi connectivity index (χ2v) is 6.32. The van der Waals surface area contributed by atoms with Gasteiger partial charge in [0.25, 0.3) is 5.91 Å². The molecule has 2 aromatic rings. The minimum Gasteiger partial charge on any atom is -0.484 e. The lowest BCUT2D eigenvalue weighted by atomic mass is 9.87. The van der Waals surface area contributed by atoms with Crippen LogP contribution in [0.25, 0.3) is 0 Å². The monoisotopic (exact) mass is 343 g/mol. The molecule has 0 saturated carbocycles. The van der Waals surface area contributed by atoms with Crippen LogP contribution in [0.3, 0.4) is 0 Å². The first-order valence-electron chi connectivity index (χ1n) is 8.52. The lowest BCUT2D eigenvalue weighted by molar-refractivity contribution is -0.135. The average molecular weight is 343 g/mol. The molecule has 1 atom stereocenters. The van der Waals surface area contributed by atoms with E-state index in [0.717, 1.165) is 18.4 Å². The number of aliphatic hydroxyl groups is 1. The van der Waals surface area contributed by atoms with E-state index in [1.54, 1.807) is 17.0 Å². The van der Waals surface area contributed by atoms with Crippen molar-refractivity contribution in [3.63, 3.8) is 0 Å². The highest BCUT2D eigenvalue weighted by Gasteiger charge is 2.28. The van der Waals surface area contributed by atoms with Gasteiger partial charge in [-0.05, 0) is 36.5 Å². The molecule has 0 radical (unpaired) electrons. The van der Waals surface area contributed by atoms with E-state index < -0.39 is 6.10 Å². The number of carbonyl (C=O) groups excluding carboxylic acids is 1. The number of hydrogen-bond acceptors (Lipinski definition) is 3. The molecule has 3 rings (SSSR count). The zero-order valence-electron chi connectivity index (χ0n) is 14.0. The van der Waals surface area contributed by atoms with Gasteiger partial charge in [-0.1, -0.05) is 36.4 Å². The first-order chi connectivity index (χ1) is 12.1. The number of ether oxygens (including phenoxy) is 1. The van der Waals surface area contributed by atoms with Gasteiger partial charge < -0.3 is 14.7 Å². The average Bonchev–Trinajstić information content (AvgIpc) is 2.66. The molecule has 1 fully saturated rings. The number of hydrogen-bond donors (Lipinski definition) is 1. The highest BCUT2D eigenvalue weighted by atomic mass is 19.1. The Morgan fingerprint density at radius 2 is 1.88 bits per heavy atom. The molecule has 4 nitrogen and oxygen atoms in total. The molecular formula is C20H22FNO3. The summed E-state index contributed by atoms with van der Waals surface area (Å²) in [6.45, 7) is 1.09. The van der Waals surface area contributed by atoms with Gasteiger partial charge in [0.2, 0.25) is 0 Å². The number of halogens is 1. The third-order valence-corrected chi connectivity index (χ3v) is 4.64. The van der Waals surface area contributed by atoms with Crippen molar-refractivity contribution in [2.45, 2.75) is 18.9 Å². The van der Waals surface area contributed by atoms with Gasteiger partial charge in [-0.3, -0.25) is 4.79 Å². The Kier molecular flexibility index (Phi) is 5.66. The lowest BCUT2D eigenvalue weighted by Crippen LogP contribution is -2.42. The first kappa shape index (κ1) is 17.4. The largest absolute Gasteiger partial charge is 0.484 e. The molecule has 0 aliphatic carbocycles. The van der Waals surface area contributed by atoms with Crippen LogP contribution in [-0.4, -0.2) is 35.6 Å².